The molecule has 2 saturated carbocycles. The van der Waals surface area contributed by atoms with Crippen LogP contribution in [0.4, 0.5) is 0 Å². The standard InChI is InChI=1S/C20H36N2O/c1-2-5-18(14-16-6-3-4-7-16)20(23)22-12-10-19(11-13-22)21-15-17-8-9-17/h16-19,21H,2-15H2,1H3. The molecule has 1 amide bonds. The van der Waals surface area contributed by atoms with Crippen LogP contribution >= 0.6 is 0 Å². The van der Waals surface area contributed by atoms with Gasteiger partial charge in [-0.2, -0.15) is 0 Å². The average molecular weight is 321 g/mol. The maximum atomic E-state index is 13.0. The Morgan fingerprint density at radius 2 is 1.74 bits per heavy atom. The van der Waals surface area contributed by atoms with Crippen LogP contribution < -0.4 is 5.32 Å². The van der Waals surface area contributed by atoms with Crippen LogP contribution in [0, 0.1) is 17.8 Å². The second kappa shape index (κ2) is 8.50. The molecule has 0 spiro atoms. The Morgan fingerprint density at radius 3 is 2.35 bits per heavy atom. The molecule has 2 aliphatic carbocycles. The normalized spacial score (nSPS) is 25.0. The summed E-state index contributed by atoms with van der Waals surface area (Å²) in [6, 6.07) is 0.652. The molecular formula is C20H36N2O. The zero-order valence-corrected chi connectivity index (χ0v) is 15.1. The van der Waals surface area contributed by atoms with Gasteiger partial charge in [0.15, 0.2) is 0 Å². The van der Waals surface area contributed by atoms with Crippen molar-refractivity contribution in [3.63, 3.8) is 0 Å². The van der Waals surface area contributed by atoms with Gasteiger partial charge in [-0.15, -0.1) is 0 Å². The van der Waals surface area contributed by atoms with Gasteiger partial charge in [-0.25, -0.2) is 0 Å². The van der Waals surface area contributed by atoms with Crippen molar-refractivity contribution in [3.8, 4) is 0 Å². The minimum Gasteiger partial charge on any atom is -0.342 e. The molecule has 132 valence electrons. The van der Waals surface area contributed by atoms with Gasteiger partial charge in [0, 0.05) is 25.0 Å². The third-order valence-electron chi connectivity index (χ3n) is 6.28. The average Bonchev–Trinajstić information content (AvgIpc) is 3.27. The first-order chi connectivity index (χ1) is 11.3. The summed E-state index contributed by atoms with van der Waals surface area (Å²) >= 11 is 0. The zero-order chi connectivity index (χ0) is 16.1. The first-order valence-electron chi connectivity index (χ1n) is 10.3. The van der Waals surface area contributed by atoms with Gasteiger partial charge in [0.25, 0.3) is 0 Å². The van der Waals surface area contributed by atoms with Crippen molar-refractivity contribution in [2.24, 2.45) is 17.8 Å². The molecule has 0 radical (unpaired) electrons. The fourth-order valence-corrected chi connectivity index (χ4v) is 4.56. The second-order valence-electron chi connectivity index (χ2n) is 8.32. The number of piperidine rings is 1. The van der Waals surface area contributed by atoms with Gasteiger partial charge < -0.3 is 10.2 Å². The first kappa shape index (κ1) is 17.3. The first-order valence-corrected chi connectivity index (χ1v) is 10.3. The minimum atomic E-state index is 0.305. The SMILES string of the molecule is CCCC(CC1CCCC1)C(=O)N1CCC(NCC2CC2)CC1. The number of rotatable bonds is 8. The van der Waals surface area contributed by atoms with Gasteiger partial charge in [0.1, 0.15) is 0 Å². The highest BCUT2D eigenvalue weighted by Gasteiger charge is 2.31. The van der Waals surface area contributed by atoms with Gasteiger partial charge in [-0.1, -0.05) is 39.0 Å². The van der Waals surface area contributed by atoms with Gasteiger partial charge in [0.2, 0.25) is 5.91 Å². The summed E-state index contributed by atoms with van der Waals surface area (Å²) in [4.78, 5) is 15.1. The molecule has 3 aliphatic rings. The van der Waals surface area contributed by atoms with Crippen molar-refractivity contribution < 1.29 is 4.79 Å². The Bertz CT molecular complexity index is 366. The topological polar surface area (TPSA) is 32.3 Å². The van der Waals surface area contributed by atoms with E-state index in [9.17, 15) is 4.79 Å². The van der Waals surface area contributed by atoms with Crippen molar-refractivity contribution in [2.75, 3.05) is 19.6 Å². The number of hydrogen-bond donors (Lipinski definition) is 1. The molecule has 0 aromatic rings. The third-order valence-corrected chi connectivity index (χ3v) is 6.28. The van der Waals surface area contributed by atoms with Crippen LogP contribution in [-0.4, -0.2) is 36.5 Å². The van der Waals surface area contributed by atoms with Crippen molar-refractivity contribution in [3.05, 3.63) is 0 Å². The fraction of sp³-hybridized carbons (Fsp3) is 0.950. The summed E-state index contributed by atoms with van der Waals surface area (Å²) in [6.45, 7) is 5.39. The smallest absolute Gasteiger partial charge is 0.225 e. The van der Waals surface area contributed by atoms with Crippen LogP contribution in [0.15, 0.2) is 0 Å². The van der Waals surface area contributed by atoms with Crippen molar-refractivity contribution >= 4 is 5.91 Å². The van der Waals surface area contributed by atoms with E-state index >= 15 is 0 Å². The summed E-state index contributed by atoms with van der Waals surface area (Å²) in [7, 11) is 0. The zero-order valence-electron chi connectivity index (χ0n) is 15.1. The molecule has 1 atom stereocenters. The van der Waals surface area contributed by atoms with E-state index in [4.69, 9.17) is 0 Å². The monoisotopic (exact) mass is 320 g/mol. The Kier molecular flexibility index (Phi) is 6.38. The summed E-state index contributed by atoms with van der Waals surface area (Å²) in [5.41, 5.74) is 0. The van der Waals surface area contributed by atoms with E-state index < -0.39 is 0 Å². The number of carbonyl (C=O) groups excluding carboxylic acids is 1. The molecule has 0 bridgehead atoms. The highest BCUT2D eigenvalue weighted by Crippen LogP contribution is 2.33. The lowest BCUT2D eigenvalue weighted by molar-refractivity contribution is -0.137. The lowest BCUT2D eigenvalue weighted by atomic mass is 9.88. The van der Waals surface area contributed by atoms with E-state index in [-0.39, 0.29) is 0 Å². The van der Waals surface area contributed by atoms with E-state index in [2.05, 4.69) is 17.1 Å². The number of nitrogens with zero attached hydrogens (tertiary/aromatic N) is 1. The molecule has 23 heavy (non-hydrogen) atoms. The number of amides is 1. The molecule has 0 aromatic heterocycles. The Hall–Kier alpha value is -0.570. The molecule has 0 aromatic carbocycles. The summed E-state index contributed by atoms with van der Waals surface area (Å²) in [6.07, 6.45) is 14.0. The second-order valence-corrected chi connectivity index (χ2v) is 8.32. The van der Waals surface area contributed by atoms with Crippen LogP contribution in [0.5, 0.6) is 0 Å². The molecular weight excluding hydrogens is 284 g/mol. The number of likely N-dealkylation sites (tertiary alicyclic amines) is 1. The Morgan fingerprint density at radius 1 is 1.04 bits per heavy atom. The van der Waals surface area contributed by atoms with Crippen LogP contribution in [0.25, 0.3) is 0 Å². The summed E-state index contributed by atoms with van der Waals surface area (Å²) in [5.74, 6) is 2.56. The van der Waals surface area contributed by atoms with Gasteiger partial charge in [-0.05, 0) is 56.9 Å². The molecule has 1 saturated heterocycles. The quantitative estimate of drug-likeness (QED) is 0.734. The molecule has 1 heterocycles. The van der Waals surface area contributed by atoms with E-state index in [1.165, 1.54) is 45.1 Å². The highest BCUT2D eigenvalue weighted by molar-refractivity contribution is 5.79. The fourth-order valence-electron chi connectivity index (χ4n) is 4.56. The molecule has 3 fully saturated rings. The lowest BCUT2D eigenvalue weighted by Gasteiger charge is -2.35. The largest absolute Gasteiger partial charge is 0.342 e. The molecule has 3 rings (SSSR count). The van der Waals surface area contributed by atoms with E-state index in [0.717, 1.165) is 57.0 Å². The van der Waals surface area contributed by atoms with Crippen LogP contribution in [-0.2, 0) is 4.79 Å². The number of nitrogens with one attached hydrogen (secondary N) is 1. The molecule has 3 nitrogen and oxygen atoms in total. The van der Waals surface area contributed by atoms with Crippen LogP contribution in [0.1, 0.15) is 77.6 Å². The number of hydrogen-bond acceptors (Lipinski definition) is 2. The van der Waals surface area contributed by atoms with E-state index in [1.54, 1.807) is 0 Å². The van der Waals surface area contributed by atoms with Crippen LogP contribution in [0.3, 0.4) is 0 Å². The predicted molar refractivity (Wildman–Crippen MR) is 95.3 cm³/mol. The highest BCUT2D eigenvalue weighted by atomic mass is 16.2. The van der Waals surface area contributed by atoms with Gasteiger partial charge in [0.05, 0.1) is 0 Å². The van der Waals surface area contributed by atoms with E-state index in [1.807, 2.05) is 0 Å². The van der Waals surface area contributed by atoms with Crippen molar-refractivity contribution in [2.45, 2.75) is 83.6 Å². The minimum absolute atomic E-state index is 0.305. The maximum absolute atomic E-state index is 13.0. The molecule has 3 heteroatoms. The lowest BCUT2D eigenvalue weighted by Crippen LogP contribution is -2.47. The third kappa shape index (κ3) is 5.20. The van der Waals surface area contributed by atoms with Gasteiger partial charge in [-0.3, -0.25) is 4.79 Å². The predicted octanol–water partition coefficient (Wildman–Crippen LogP) is 3.97. The Labute approximate surface area is 142 Å². The molecule has 1 unspecified atom stereocenters. The van der Waals surface area contributed by atoms with Crippen LogP contribution in [0.2, 0.25) is 0 Å². The number of carbonyl (C=O) groups is 1. The summed E-state index contributed by atoms with van der Waals surface area (Å²) in [5, 5.41) is 3.72. The van der Waals surface area contributed by atoms with Crippen molar-refractivity contribution in [1.82, 2.24) is 10.2 Å². The van der Waals surface area contributed by atoms with Crippen molar-refractivity contribution in [1.29, 1.82) is 0 Å². The summed E-state index contributed by atoms with van der Waals surface area (Å²) < 4.78 is 0. The Balaban J connectivity index is 1.43. The maximum Gasteiger partial charge on any atom is 0.225 e. The van der Waals surface area contributed by atoms with Gasteiger partial charge >= 0.3 is 0 Å². The molecule has 1 aliphatic heterocycles. The molecule has 1 N–H and O–H groups in total. The van der Waals surface area contributed by atoms with E-state index in [0.29, 0.717) is 17.9 Å².